The molecule has 0 unspecified atom stereocenters. The highest BCUT2D eigenvalue weighted by molar-refractivity contribution is 6.30. The molecule has 1 fully saturated rings. The van der Waals surface area contributed by atoms with Crippen molar-refractivity contribution in [1.29, 1.82) is 0 Å². The first-order chi connectivity index (χ1) is 6.24. The van der Waals surface area contributed by atoms with Crippen LogP contribution < -0.4 is 5.73 Å². The number of benzene rings is 1. The Morgan fingerprint density at radius 2 is 2.07 bits per heavy atom. The number of nitrogens with two attached hydrogens (primary N) is 1. The van der Waals surface area contributed by atoms with Gasteiger partial charge in [-0.15, -0.1) is 12.4 Å². The molecule has 0 bridgehead atoms. The first kappa shape index (κ1) is 11.8. The summed E-state index contributed by atoms with van der Waals surface area (Å²) in [5.41, 5.74) is 7.44. The Bertz CT molecular complexity index is 308. The van der Waals surface area contributed by atoms with Gasteiger partial charge in [0, 0.05) is 5.02 Å². The van der Waals surface area contributed by atoms with Crippen molar-refractivity contribution >= 4 is 24.0 Å². The molecule has 1 aliphatic carbocycles. The van der Waals surface area contributed by atoms with E-state index in [0.29, 0.717) is 5.41 Å². The molecule has 1 saturated carbocycles. The van der Waals surface area contributed by atoms with Crippen molar-refractivity contribution in [1.82, 2.24) is 0 Å². The molecule has 0 radical (unpaired) electrons. The summed E-state index contributed by atoms with van der Waals surface area (Å²) in [5.74, 6) is 0. The van der Waals surface area contributed by atoms with Gasteiger partial charge in [0.1, 0.15) is 0 Å². The standard InChI is InChI=1S/C11H14ClN.ClH/c12-10-3-1-2-9(6-10)7-11(8-13)4-5-11;/h1-3,6H,4-5,7-8,13H2;1H. The zero-order valence-electron chi connectivity index (χ0n) is 8.00. The molecule has 0 aromatic heterocycles. The van der Waals surface area contributed by atoms with Gasteiger partial charge in [0.2, 0.25) is 0 Å². The molecule has 0 heterocycles. The lowest BCUT2D eigenvalue weighted by Crippen LogP contribution is -2.17. The maximum absolute atomic E-state index is 5.91. The van der Waals surface area contributed by atoms with Gasteiger partial charge in [-0.3, -0.25) is 0 Å². The smallest absolute Gasteiger partial charge is 0.0408 e. The summed E-state index contributed by atoms with van der Waals surface area (Å²) in [6.45, 7) is 0.805. The molecule has 1 aliphatic rings. The van der Waals surface area contributed by atoms with Crippen molar-refractivity contribution in [2.75, 3.05) is 6.54 Å². The van der Waals surface area contributed by atoms with Crippen molar-refractivity contribution in [3.63, 3.8) is 0 Å². The highest BCUT2D eigenvalue weighted by Crippen LogP contribution is 2.47. The van der Waals surface area contributed by atoms with Gasteiger partial charge in [-0.05, 0) is 48.9 Å². The van der Waals surface area contributed by atoms with Crippen LogP contribution in [-0.4, -0.2) is 6.54 Å². The molecule has 1 aromatic rings. The third kappa shape index (κ3) is 2.63. The van der Waals surface area contributed by atoms with Crippen LogP contribution in [0.3, 0.4) is 0 Å². The van der Waals surface area contributed by atoms with E-state index >= 15 is 0 Å². The summed E-state index contributed by atoms with van der Waals surface area (Å²) in [5, 5.41) is 0.824. The van der Waals surface area contributed by atoms with Crippen LogP contribution in [0, 0.1) is 5.41 Å². The molecule has 0 aliphatic heterocycles. The van der Waals surface area contributed by atoms with Crippen LogP contribution in [0.2, 0.25) is 5.02 Å². The average Bonchev–Trinajstić information content (AvgIpc) is 2.86. The van der Waals surface area contributed by atoms with Gasteiger partial charge < -0.3 is 5.73 Å². The molecule has 0 amide bonds. The molecule has 2 N–H and O–H groups in total. The first-order valence-electron chi connectivity index (χ1n) is 4.69. The Morgan fingerprint density at radius 1 is 1.36 bits per heavy atom. The van der Waals surface area contributed by atoms with Crippen molar-refractivity contribution in [2.45, 2.75) is 19.3 Å². The minimum atomic E-state index is 0. The third-order valence-corrected chi connectivity index (χ3v) is 3.09. The average molecular weight is 232 g/mol. The Kier molecular flexibility index (Phi) is 3.82. The van der Waals surface area contributed by atoms with Gasteiger partial charge >= 0.3 is 0 Å². The molecule has 0 saturated heterocycles. The fourth-order valence-corrected chi connectivity index (χ4v) is 1.92. The summed E-state index contributed by atoms with van der Waals surface area (Å²) in [6, 6.07) is 8.08. The van der Waals surface area contributed by atoms with E-state index in [4.69, 9.17) is 17.3 Å². The quantitative estimate of drug-likeness (QED) is 0.851. The fraction of sp³-hybridized carbons (Fsp3) is 0.455. The molecule has 0 spiro atoms. The Balaban J connectivity index is 0.000000980. The van der Waals surface area contributed by atoms with E-state index in [1.165, 1.54) is 18.4 Å². The summed E-state index contributed by atoms with van der Waals surface area (Å²) in [7, 11) is 0. The zero-order valence-corrected chi connectivity index (χ0v) is 9.57. The predicted molar refractivity (Wildman–Crippen MR) is 63.1 cm³/mol. The second kappa shape index (κ2) is 4.52. The Hall–Kier alpha value is -0.240. The van der Waals surface area contributed by atoms with Crippen LogP contribution in [0.5, 0.6) is 0 Å². The van der Waals surface area contributed by atoms with E-state index in [1.807, 2.05) is 18.2 Å². The largest absolute Gasteiger partial charge is 0.330 e. The lowest BCUT2D eigenvalue weighted by Gasteiger charge is -2.11. The third-order valence-electron chi connectivity index (χ3n) is 2.86. The molecule has 1 aromatic carbocycles. The van der Waals surface area contributed by atoms with Gasteiger partial charge in [0.25, 0.3) is 0 Å². The summed E-state index contributed by atoms with van der Waals surface area (Å²) < 4.78 is 0. The van der Waals surface area contributed by atoms with Crippen LogP contribution in [0.4, 0.5) is 0 Å². The number of hydrogen-bond acceptors (Lipinski definition) is 1. The first-order valence-corrected chi connectivity index (χ1v) is 5.06. The molecule has 0 atom stereocenters. The van der Waals surface area contributed by atoms with E-state index in [1.54, 1.807) is 0 Å². The maximum Gasteiger partial charge on any atom is 0.0408 e. The number of rotatable bonds is 3. The summed E-state index contributed by atoms with van der Waals surface area (Å²) in [4.78, 5) is 0. The molecular weight excluding hydrogens is 217 g/mol. The van der Waals surface area contributed by atoms with Crippen molar-refractivity contribution in [3.8, 4) is 0 Å². The second-order valence-electron chi connectivity index (χ2n) is 4.01. The van der Waals surface area contributed by atoms with Crippen LogP contribution in [0.1, 0.15) is 18.4 Å². The maximum atomic E-state index is 5.91. The van der Waals surface area contributed by atoms with E-state index in [9.17, 15) is 0 Å². The molecule has 3 heteroatoms. The highest BCUT2D eigenvalue weighted by atomic mass is 35.5. The van der Waals surface area contributed by atoms with Crippen LogP contribution in [0.25, 0.3) is 0 Å². The molecule has 2 rings (SSSR count). The fourth-order valence-electron chi connectivity index (χ4n) is 1.71. The Morgan fingerprint density at radius 3 is 2.57 bits per heavy atom. The summed E-state index contributed by atoms with van der Waals surface area (Å²) in [6.07, 6.45) is 3.64. The molecule has 1 nitrogen and oxygen atoms in total. The van der Waals surface area contributed by atoms with E-state index < -0.39 is 0 Å². The van der Waals surface area contributed by atoms with E-state index in [0.717, 1.165) is 18.0 Å². The number of hydrogen-bond donors (Lipinski definition) is 1. The normalized spacial score (nSPS) is 17.3. The minimum absolute atomic E-state index is 0. The van der Waals surface area contributed by atoms with Crippen LogP contribution >= 0.6 is 24.0 Å². The molecule has 78 valence electrons. The SMILES string of the molecule is Cl.NCC1(Cc2cccc(Cl)c2)CC1. The number of halogens is 2. The minimum Gasteiger partial charge on any atom is -0.330 e. The van der Waals surface area contributed by atoms with Crippen molar-refractivity contribution in [2.24, 2.45) is 11.1 Å². The molecule has 14 heavy (non-hydrogen) atoms. The van der Waals surface area contributed by atoms with E-state index in [-0.39, 0.29) is 12.4 Å². The van der Waals surface area contributed by atoms with Gasteiger partial charge in [-0.25, -0.2) is 0 Å². The summed E-state index contributed by atoms with van der Waals surface area (Å²) >= 11 is 5.91. The van der Waals surface area contributed by atoms with Crippen molar-refractivity contribution in [3.05, 3.63) is 34.9 Å². The van der Waals surface area contributed by atoms with Gasteiger partial charge in [0.05, 0.1) is 0 Å². The highest BCUT2D eigenvalue weighted by Gasteiger charge is 2.40. The van der Waals surface area contributed by atoms with Gasteiger partial charge in [-0.2, -0.15) is 0 Å². The zero-order chi connectivity index (χ0) is 9.31. The lowest BCUT2D eigenvalue weighted by molar-refractivity contribution is 0.521. The van der Waals surface area contributed by atoms with Crippen molar-refractivity contribution < 1.29 is 0 Å². The molecular formula is C11H15Cl2N. The van der Waals surface area contributed by atoms with Crippen LogP contribution in [0.15, 0.2) is 24.3 Å². The van der Waals surface area contributed by atoms with Crippen LogP contribution in [-0.2, 0) is 6.42 Å². The second-order valence-corrected chi connectivity index (χ2v) is 4.45. The van der Waals surface area contributed by atoms with Gasteiger partial charge in [0.15, 0.2) is 0 Å². The van der Waals surface area contributed by atoms with E-state index in [2.05, 4.69) is 6.07 Å². The predicted octanol–water partition coefficient (Wildman–Crippen LogP) is 3.04. The monoisotopic (exact) mass is 231 g/mol. The topological polar surface area (TPSA) is 26.0 Å². The lowest BCUT2D eigenvalue weighted by atomic mass is 9.97. The van der Waals surface area contributed by atoms with Gasteiger partial charge in [-0.1, -0.05) is 23.7 Å². The Labute approximate surface area is 96.0 Å².